The molecule has 3 atom stereocenters. The van der Waals surface area contributed by atoms with Crippen LogP contribution >= 0.6 is 11.6 Å². The van der Waals surface area contributed by atoms with Gasteiger partial charge in [0, 0.05) is 13.3 Å². The number of aliphatic imine (C=N–C) groups is 1. The predicted octanol–water partition coefficient (Wildman–Crippen LogP) is 3.69. The van der Waals surface area contributed by atoms with E-state index in [0.29, 0.717) is 5.56 Å². The van der Waals surface area contributed by atoms with Gasteiger partial charge in [-0.2, -0.15) is 0 Å². The smallest absolute Gasteiger partial charge is 0.338 e. The Morgan fingerprint density at radius 3 is 2.14 bits per heavy atom. The van der Waals surface area contributed by atoms with Crippen molar-refractivity contribution in [1.82, 2.24) is 0 Å². The lowest BCUT2D eigenvalue weighted by Gasteiger charge is -2.24. The van der Waals surface area contributed by atoms with Gasteiger partial charge in [0.25, 0.3) is 0 Å². The molecule has 0 fully saturated rings. The van der Waals surface area contributed by atoms with Gasteiger partial charge < -0.3 is 14.2 Å². The molecule has 0 saturated carbocycles. The molecule has 0 aromatic heterocycles. The summed E-state index contributed by atoms with van der Waals surface area (Å²) in [5.74, 6) is -1.37. The molecule has 2 aromatic rings. The van der Waals surface area contributed by atoms with E-state index in [-0.39, 0.29) is 18.9 Å². The second-order valence-corrected chi connectivity index (χ2v) is 6.47. The topological polar surface area (TPSA) is 74.2 Å². The van der Waals surface area contributed by atoms with Gasteiger partial charge in [0.15, 0.2) is 12.3 Å². The minimum Gasteiger partial charge on any atom is -0.460 e. The lowest BCUT2D eigenvalue weighted by molar-refractivity contribution is 0.00712. The quantitative estimate of drug-likeness (QED) is 0.332. The number of rotatable bonds is 10. The Hall–Kier alpha value is -2.77. The van der Waals surface area contributed by atoms with Crippen molar-refractivity contribution in [2.45, 2.75) is 17.7 Å². The summed E-state index contributed by atoms with van der Waals surface area (Å²) in [6.07, 6.45) is -2.30. The molecular formula is C21H21ClFNO5. The number of carbonyl (C=O) groups is 2. The van der Waals surface area contributed by atoms with Gasteiger partial charge in [-0.15, -0.1) is 11.6 Å². The first-order valence-corrected chi connectivity index (χ1v) is 9.21. The van der Waals surface area contributed by atoms with E-state index in [9.17, 15) is 14.0 Å². The summed E-state index contributed by atoms with van der Waals surface area (Å²) in [4.78, 5) is 28.1. The van der Waals surface area contributed by atoms with Crippen LogP contribution in [0.1, 0.15) is 20.7 Å². The maximum atomic E-state index is 14.7. The Kier molecular flexibility index (Phi) is 9.27. The fourth-order valence-electron chi connectivity index (χ4n) is 2.31. The summed E-state index contributed by atoms with van der Waals surface area (Å²) < 4.78 is 29.8. The van der Waals surface area contributed by atoms with Gasteiger partial charge in [0.05, 0.1) is 11.1 Å². The zero-order valence-corrected chi connectivity index (χ0v) is 16.5. The largest absolute Gasteiger partial charge is 0.460 e. The van der Waals surface area contributed by atoms with E-state index >= 15 is 0 Å². The normalized spacial score (nSPS) is 14.2. The lowest BCUT2D eigenvalue weighted by Crippen LogP contribution is -2.40. The van der Waals surface area contributed by atoms with Crippen molar-refractivity contribution in [3.05, 3.63) is 71.8 Å². The summed E-state index contributed by atoms with van der Waals surface area (Å²) in [6.45, 7) is -0.420. The standard InChI is InChI=1S/C21H21ClFNO5/c1-27-14-24-12-18(23)19(29-21(26)16-10-6-3-7-11-16)17(22)13-28-20(25)15-8-4-2-5-9-15/h2-12,17-19H,13-14H2,1H3/t17-,18+,19+/m0/s1. The van der Waals surface area contributed by atoms with Gasteiger partial charge in [-0.1, -0.05) is 36.4 Å². The molecule has 0 aliphatic rings. The molecule has 0 bridgehead atoms. The molecule has 0 radical (unpaired) electrons. The number of carbonyl (C=O) groups excluding carboxylic acids is 2. The van der Waals surface area contributed by atoms with Crippen molar-refractivity contribution in [2.24, 2.45) is 4.99 Å². The number of alkyl halides is 2. The molecule has 0 amide bonds. The van der Waals surface area contributed by atoms with Crippen LogP contribution in [0.2, 0.25) is 0 Å². The van der Waals surface area contributed by atoms with Gasteiger partial charge >= 0.3 is 11.9 Å². The average molecular weight is 422 g/mol. The molecule has 0 saturated heterocycles. The number of hydrogen-bond donors (Lipinski definition) is 0. The minimum atomic E-state index is -1.82. The molecule has 29 heavy (non-hydrogen) atoms. The molecule has 0 spiro atoms. The summed E-state index contributed by atoms with van der Waals surface area (Å²) in [5.41, 5.74) is 0.566. The zero-order chi connectivity index (χ0) is 21.1. The molecule has 154 valence electrons. The van der Waals surface area contributed by atoms with Crippen molar-refractivity contribution < 1.29 is 28.2 Å². The number of esters is 2. The van der Waals surface area contributed by atoms with Crippen molar-refractivity contribution in [3.8, 4) is 0 Å². The van der Waals surface area contributed by atoms with E-state index in [2.05, 4.69) is 4.99 Å². The van der Waals surface area contributed by atoms with Gasteiger partial charge in [0.2, 0.25) is 0 Å². The molecular weight excluding hydrogens is 401 g/mol. The van der Waals surface area contributed by atoms with E-state index in [4.69, 9.17) is 25.8 Å². The molecule has 0 aliphatic heterocycles. The van der Waals surface area contributed by atoms with Crippen LogP contribution in [0.4, 0.5) is 4.39 Å². The number of nitrogens with zero attached hydrogens (tertiary/aromatic N) is 1. The fraction of sp³-hybridized carbons (Fsp3) is 0.286. The summed E-state index contributed by atoms with van der Waals surface area (Å²) in [7, 11) is 1.41. The number of ether oxygens (including phenoxy) is 3. The summed E-state index contributed by atoms with van der Waals surface area (Å²) >= 11 is 6.23. The maximum Gasteiger partial charge on any atom is 0.338 e. The van der Waals surface area contributed by atoms with Gasteiger partial charge in [0.1, 0.15) is 18.7 Å². The SMILES string of the molecule is COCN=C[C@@H](F)[C@H](OC(=O)c1ccccc1)[C@@H](Cl)COC(=O)c1ccccc1. The molecule has 2 aromatic carbocycles. The number of benzene rings is 2. The van der Waals surface area contributed by atoms with E-state index in [1.165, 1.54) is 19.2 Å². The monoisotopic (exact) mass is 421 g/mol. The zero-order valence-electron chi connectivity index (χ0n) is 15.7. The van der Waals surface area contributed by atoms with Crippen LogP contribution in [0.25, 0.3) is 0 Å². The molecule has 2 rings (SSSR count). The Bertz CT molecular complexity index is 803. The summed E-state index contributed by atoms with van der Waals surface area (Å²) in [6, 6.07) is 16.4. The second kappa shape index (κ2) is 11.9. The highest BCUT2D eigenvalue weighted by molar-refractivity contribution is 6.21. The number of methoxy groups -OCH3 is 1. The lowest BCUT2D eigenvalue weighted by atomic mass is 10.1. The first-order chi connectivity index (χ1) is 14.0. The van der Waals surface area contributed by atoms with Crippen molar-refractivity contribution in [1.29, 1.82) is 0 Å². The van der Waals surface area contributed by atoms with E-state index < -0.39 is 29.6 Å². The highest BCUT2D eigenvalue weighted by atomic mass is 35.5. The molecule has 0 aliphatic carbocycles. The van der Waals surface area contributed by atoms with E-state index in [1.54, 1.807) is 48.5 Å². The van der Waals surface area contributed by atoms with Gasteiger partial charge in [-0.25, -0.2) is 14.0 Å². The highest BCUT2D eigenvalue weighted by Crippen LogP contribution is 2.17. The van der Waals surface area contributed by atoms with Crippen LogP contribution in [0.5, 0.6) is 0 Å². The highest BCUT2D eigenvalue weighted by Gasteiger charge is 2.33. The van der Waals surface area contributed by atoms with E-state index in [1.807, 2.05) is 0 Å². The number of halogens is 2. The van der Waals surface area contributed by atoms with Crippen LogP contribution in [0.15, 0.2) is 65.7 Å². The van der Waals surface area contributed by atoms with Crippen molar-refractivity contribution in [3.63, 3.8) is 0 Å². The predicted molar refractivity (Wildman–Crippen MR) is 107 cm³/mol. The Labute approximate surface area is 173 Å². The molecule has 6 nitrogen and oxygen atoms in total. The third-order valence-corrected chi connectivity index (χ3v) is 4.13. The number of hydrogen-bond acceptors (Lipinski definition) is 6. The molecule has 8 heteroatoms. The van der Waals surface area contributed by atoms with Crippen LogP contribution in [-0.2, 0) is 14.2 Å². The second-order valence-electron chi connectivity index (χ2n) is 5.91. The van der Waals surface area contributed by atoms with Crippen LogP contribution in [-0.4, -0.2) is 56.3 Å². The van der Waals surface area contributed by atoms with Gasteiger partial charge in [-0.05, 0) is 24.3 Å². The first kappa shape index (κ1) is 22.5. The molecule has 0 unspecified atom stereocenters. The van der Waals surface area contributed by atoms with Crippen LogP contribution < -0.4 is 0 Å². The Morgan fingerprint density at radius 1 is 1.03 bits per heavy atom. The maximum absolute atomic E-state index is 14.7. The first-order valence-electron chi connectivity index (χ1n) is 8.78. The van der Waals surface area contributed by atoms with E-state index in [0.717, 1.165) is 6.21 Å². The Balaban J connectivity index is 2.06. The van der Waals surface area contributed by atoms with Crippen molar-refractivity contribution in [2.75, 3.05) is 20.4 Å². The van der Waals surface area contributed by atoms with Crippen LogP contribution in [0.3, 0.4) is 0 Å². The minimum absolute atomic E-state index is 0.0598. The van der Waals surface area contributed by atoms with Gasteiger partial charge in [-0.3, -0.25) is 4.99 Å². The third-order valence-electron chi connectivity index (χ3n) is 3.76. The van der Waals surface area contributed by atoms with Crippen LogP contribution in [0, 0.1) is 0 Å². The molecule has 0 heterocycles. The fourth-order valence-corrected chi connectivity index (χ4v) is 2.57. The van der Waals surface area contributed by atoms with Crippen molar-refractivity contribution >= 4 is 29.8 Å². The Morgan fingerprint density at radius 2 is 1.59 bits per heavy atom. The molecule has 0 N–H and O–H groups in total. The third kappa shape index (κ3) is 7.29. The average Bonchev–Trinajstić information content (AvgIpc) is 2.76. The summed E-state index contributed by atoms with van der Waals surface area (Å²) in [5, 5.41) is -1.14.